The minimum atomic E-state index is -2.23. The highest BCUT2D eigenvalue weighted by molar-refractivity contribution is 4.73. The van der Waals surface area contributed by atoms with Crippen LogP contribution >= 0.6 is 0 Å². The lowest BCUT2D eigenvalue weighted by atomic mass is 9.89. The molecular weight excluding hydrogens is 196 g/mol. The van der Waals surface area contributed by atoms with Crippen molar-refractivity contribution >= 4 is 0 Å². The number of alkyl halides is 2. The van der Waals surface area contributed by atoms with E-state index < -0.39 is 6.43 Å². The van der Waals surface area contributed by atoms with E-state index in [0.717, 1.165) is 19.5 Å². The zero-order valence-corrected chi connectivity index (χ0v) is 10.7. The molecular formula is C12H25F2N. The van der Waals surface area contributed by atoms with Gasteiger partial charge < -0.3 is 0 Å². The maximum atomic E-state index is 12.4. The summed E-state index contributed by atoms with van der Waals surface area (Å²) >= 11 is 0. The van der Waals surface area contributed by atoms with Crippen LogP contribution in [0.3, 0.4) is 0 Å². The molecule has 92 valence electrons. The minimum Gasteiger partial charge on any atom is -0.297 e. The van der Waals surface area contributed by atoms with Crippen molar-refractivity contribution in [3.05, 3.63) is 0 Å². The smallest absolute Gasteiger partial charge is 0.251 e. The van der Waals surface area contributed by atoms with Gasteiger partial charge in [0.1, 0.15) is 0 Å². The Morgan fingerprint density at radius 2 is 1.67 bits per heavy atom. The van der Waals surface area contributed by atoms with E-state index in [9.17, 15) is 8.78 Å². The molecule has 0 fully saturated rings. The molecule has 0 aromatic rings. The third-order valence-electron chi connectivity index (χ3n) is 2.63. The Balaban J connectivity index is 4.23. The van der Waals surface area contributed by atoms with Gasteiger partial charge in [-0.3, -0.25) is 4.90 Å². The van der Waals surface area contributed by atoms with E-state index in [1.54, 1.807) is 0 Å². The quantitative estimate of drug-likeness (QED) is 0.634. The second kappa shape index (κ2) is 6.41. The molecule has 1 nitrogen and oxygen atoms in total. The molecule has 0 aromatic heterocycles. The first kappa shape index (κ1) is 14.8. The standard InChI is InChI=1S/C12H25F2N/c1-6-12(4,5)9-15(7-10(2)3)8-11(13)14/h10-11H,6-9H2,1-5H3. The molecule has 3 heteroatoms. The van der Waals surface area contributed by atoms with Gasteiger partial charge in [0.15, 0.2) is 0 Å². The molecule has 0 saturated carbocycles. The molecule has 0 radical (unpaired) electrons. The molecule has 0 N–H and O–H groups in total. The minimum absolute atomic E-state index is 0.0956. The van der Waals surface area contributed by atoms with Crippen LogP contribution in [-0.4, -0.2) is 31.0 Å². The van der Waals surface area contributed by atoms with E-state index in [2.05, 4.69) is 34.6 Å². The lowest BCUT2D eigenvalue weighted by Crippen LogP contribution is -2.39. The molecule has 15 heavy (non-hydrogen) atoms. The van der Waals surface area contributed by atoms with Gasteiger partial charge in [-0.1, -0.05) is 34.6 Å². The molecule has 0 aliphatic heterocycles. The van der Waals surface area contributed by atoms with Crippen LogP contribution in [0, 0.1) is 11.3 Å². The first-order valence-electron chi connectivity index (χ1n) is 5.77. The van der Waals surface area contributed by atoms with E-state index in [1.165, 1.54) is 0 Å². The van der Waals surface area contributed by atoms with Crippen LogP contribution in [0.15, 0.2) is 0 Å². The number of hydrogen-bond donors (Lipinski definition) is 0. The number of halogens is 2. The summed E-state index contributed by atoms with van der Waals surface area (Å²) in [6.45, 7) is 11.9. The summed E-state index contributed by atoms with van der Waals surface area (Å²) in [5, 5.41) is 0. The molecule has 0 rings (SSSR count). The fourth-order valence-corrected chi connectivity index (χ4v) is 1.63. The summed E-state index contributed by atoms with van der Waals surface area (Å²) in [6, 6.07) is 0. The summed E-state index contributed by atoms with van der Waals surface area (Å²) in [5.41, 5.74) is 0.129. The van der Waals surface area contributed by atoms with Gasteiger partial charge in [-0.25, -0.2) is 8.78 Å². The summed E-state index contributed by atoms with van der Waals surface area (Å²) in [5.74, 6) is 0.441. The highest BCUT2D eigenvalue weighted by atomic mass is 19.3. The molecule has 0 aromatic carbocycles. The van der Waals surface area contributed by atoms with Gasteiger partial charge in [0.05, 0.1) is 6.54 Å². The lowest BCUT2D eigenvalue weighted by molar-refractivity contribution is 0.0608. The average Bonchev–Trinajstić information content (AvgIpc) is 2.00. The van der Waals surface area contributed by atoms with Crippen molar-refractivity contribution in [3.63, 3.8) is 0 Å². The van der Waals surface area contributed by atoms with Crippen molar-refractivity contribution in [3.8, 4) is 0 Å². The number of nitrogens with zero attached hydrogens (tertiary/aromatic N) is 1. The van der Waals surface area contributed by atoms with Crippen molar-refractivity contribution in [2.75, 3.05) is 19.6 Å². The van der Waals surface area contributed by atoms with Crippen LogP contribution < -0.4 is 0 Å². The Morgan fingerprint density at radius 3 is 2.00 bits per heavy atom. The van der Waals surface area contributed by atoms with Gasteiger partial charge in [0.2, 0.25) is 0 Å². The zero-order chi connectivity index (χ0) is 12.1. The summed E-state index contributed by atoms with van der Waals surface area (Å²) in [7, 11) is 0. The maximum Gasteiger partial charge on any atom is 0.251 e. The number of rotatable bonds is 7. The van der Waals surface area contributed by atoms with Gasteiger partial charge >= 0.3 is 0 Å². The van der Waals surface area contributed by atoms with Gasteiger partial charge in [-0.2, -0.15) is 0 Å². The Morgan fingerprint density at radius 1 is 1.13 bits per heavy atom. The van der Waals surface area contributed by atoms with Crippen molar-refractivity contribution in [2.45, 2.75) is 47.5 Å². The first-order valence-corrected chi connectivity index (χ1v) is 5.77. The van der Waals surface area contributed by atoms with Crippen molar-refractivity contribution < 1.29 is 8.78 Å². The second-order valence-corrected chi connectivity index (χ2v) is 5.50. The number of hydrogen-bond acceptors (Lipinski definition) is 1. The van der Waals surface area contributed by atoms with Crippen LogP contribution in [0.4, 0.5) is 8.78 Å². The second-order valence-electron chi connectivity index (χ2n) is 5.50. The molecule has 0 heterocycles. The topological polar surface area (TPSA) is 3.24 Å². The van der Waals surface area contributed by atoms with Crippen molar-refractivity contribution in [1.29, 1.82) is 0 Å². The Labute approximate surface area is 92.8 Å². The van der Waals surface area contributed by atoms with E-state index in [0.29, 0.717) is 5.92 Å². The van der Waals surface area contributed by atoms with Gasteiger partial charge in [-0.05, 0) is 17.8 Å². The fraction of sp³-hybridized carbons (Fsp3) is 1.00. The third-order valence-corrected chi connectivity index (χ3v) is 2.63. The van der Waals surface area contributed by atoms with Crippen LogP contribution in [0.2, 0.25) is 0 Å². The third kappa shape index (κ3) is 7.71. The Bertz CT molecular complexity index is 157. The predicted molar refractivity (Wildman–Crippen MR) is 61.4 cm³/mol. The van der Waals surface area contributed by atoms with E-state index in [-0.39, 0.29) is 12.0 Å². The SMILES string of the molecule is CCC(C)(C)CN(CC(C)C)CC(F)F. The van der Waals surface area contributed by atoms with Gasteiger partial charge in [0, 0.05) is 13.1 Å². The van der Waals surface area contributed by atoms with Crippen LogP contribution in [0.25, 0.3) is 0 Å². The highest BCUT2D eigenvalue weighted by Gasteiger charge is 2.22. The van der Waals surface area contributed by atoms with Crippen molar-refractivity contribution in [1.82, 2.24) is 4.90 Å². The van der Waals surface area contributed by atoms with Crippen LogP contribution in [0.5, 0.6) is 0 Å². The van der Waals surface area contributed by atoms with Gasteiger partial charge in [0.25, 0.3) is 6.43 Å². The molecule has 0 spiro atoms. The predicted octanol–water partition coefficient (Wildman–Crippen LogP) is 3.65. The Hall–Kier alpha value is -0.180. The lowest BCUT2D eigenvalue weighted by Gasteiger charge is -2.32. The first-order chi connectivity index (χ1) is 6.76. The molecule has 0 atom stereocenters. The van der Waals surface area contributed by atoms with E-state index in [1.807, 2.05) is 4.90 Å². The molecule has 0 unspecified atom stereocenters. The van der Waals surface area contributed by atoms with Crippen molar-refractivity contribution in [2.24, 2.45) is 11.3 Å². The van der Waals surface area contributed by atoms with Crippen LogP contribution in [-0.2, 0) is 0 Å². The summed E-state index contributed by atoms with van der Waals surface area (Å²) in [4.78, 5) is 1.89. The zero-order valence-electron chi connectivity index (χ0n) is 10.7. The Kier molecular flexibility index (Phi) is 6.34. The fourth-order valence-electron chi connectivity index (χ4n) is 1.63. The molecule has 0 amide bonds. The van der Waals surface area contributed by atoms with Crippen LogP contribution in [0.1, 0.15) is 41.0 Å². The maximum absolute atomic E-state index is 12.4. The highest BCUT2D eigenvalue weighted by Crippen LogP contribution is 2.22. The van der Waals surface area contributed by atoms with Gasteiger partial charge in [-0.15, -0.1) is 0 Å². The molecule has 0 aliphatic carbocycles. The van der Waals surface area contributed by atoms with E-state index >= 15 is 0 Å². The monoisotopic (exact) mass is 221 g/mol. The summed E-state index contributed by atoms with van der Waals surface area (Å²) in [6.07, 6.45) is -1.21. The molecule has 0 aliphatic rings. The normalized spacial score (nSPS) is 13.2. The van der Waals surface area contributed by atoms with E-state index in [4.69, 9.17) is 0 Å². The molecule has 0 saturated heterocycles. The molecule has 0 bridgehead atoms. The summed E-state index contributed by atoms with van der Waals surface area (Å²) < 4.78 is 24.7. The average molecular weight is 221 g/mol. The largest absolute Gasteiger partial charge is 0.297 e.